The van der Waals surface area contributed by atoms with Gasteiger partial charge in [-0.2, -0.15) is 4.80 Å². The Labute approximate surface area is 122 Å². The van der Waals surface area contributed by atoms with Crippen LogP contribution in [0.3, 0.4) is 0 Å². The van der Waals surface area contributed by atoms with Gasteiger partial charge >= 0.3 is 6.01 Å². The molecule has 0 spiro atoms. The van der Waals surface area contributed by atoms with Crippen LogP contribution < -0.4 is 4.90 Å². The molecule has 0 aliphatic carbocycles. The predicted molar refractivity (Wildman–Crippen MR) is 72.7 cm³/mol. The number of ether oxygens (including phenoxy) is 1. The first-order chi connectivity index (χ1) is 9.93. The molecule has 9 heteroatoms. The molecule has 0 saturated carbocycles. The van der Waals surface area contributed by atoms with Crippen LogP contribution in [0.2, 0.25) is 0 Å². The van der Waals surface area contributed by atoms with E-state index >= 15 is 0 Å². The lowest BCUT2D eigenvalue weighted by Gasteiger charge is -2.29. The van der Waals surface area contributed by atoms with Gasteiger partial charge in [-0.25, -0.2) is 0 Å². The Bertz CT molecular complexity index is 615. The van der Waals surface area contributed by atoms with Crippen molar-refractivity contribution < 1.29 is 9.15 Å². The van der Waals surface area contributed by atoms with Crippen LogP contribution >= 0.6 is 0 Å². The Morgan fingerprint density at radius 1 is 1.19 bits per heavy atom. The number of hydrogen-bond donors (Lipinski definition) is 0. The molecule has 1 aliphatic rings. The Hall–Kier alpha value is -2.03. The third-order valence-corrected chi connectivity index (χ3v) is 3.20. The number of tetrazole rings is 1. The number of hydrogen-bond acceptors (Lipinski definition) is 8. The number of morpholine rings is 1. The topological polar surface area (TPSA) is 95.0 Å². The minimum Gasteiger partial charge on any atom is -0.407 e. The quantitative estimate of drug-likeness (QED) is 0.788. The van der Waals surface area contributed by atoms with Gasteiger partial charge in [-0.1, -0.05) is 25.9 Å². The van der Waals surface area contributed by atoms with E-state index in [1.165, 1.54) is 4.80 Å². The Morgan fingerprint density at radius 3 is 2.62 bits per heavy atom. The average Bonchev–Trinajstić information content (AvgIpc) is 3.07. The third kappa shape index (κ3) is 2.87. The summed E-state index contributed by atoms with van der Waals surface area (Å²) in [5, 5.41) is 20.3. The van der Waals surface area contributed by atoms with Crippen LogP contribution in [0, 0.1) is 0 Å². The minimum atomic E-state index is -0.238. The number of aryl methyl sites for hydroxylation is 1. The summed E-state index contributed by atoms with van der Waals surface area (Å²) < 4.78 is 11.5. The summed E-state index contributed by atoms with van der Waals surface area (Å²) in [5.74, 6) is 1.19. The zero-order valence-electron chi connectivity index (χ0n) is 12.6. The lowest BCUT2D eigenvalue weighted by atomic mass is 9.97. The van der Waals surface area contributed by atoms with E-state index in [9.17, 15) is 0 Å². The molecule has 9 nitrogen and oxygen atoms in total. The number of aromatic nitrogens is 6. The van der Waals surface area contributed by atoms with Crippen LogP contribution in [0.5, 0.6) is 0 Å². The van der Waals surface area contributed by atoms with Crippen molar-refractivity contribution in [2.75, 3.05) is 24.6 Å². The maximum atomic E-state index is 5.76. The second-order valence-electron chi connectivity index (χ2n) is 6.08. The van der Waals surface area contributed by atoms with Gasteiger partial charge in [-0.15, -0.1) is 15.3 Å². The molecule has 1 unspecified atom stereocenters. The van der Waals surface area contributed by atoms with E-state index in [4.69, 9.17) is 9.15 Å². The summed E-state index contributed by atoms with van der Waals surface area (Å²) in [6, 6.07) is 0.511. The van der Waals surface area contributed by atoms with Crippen molar-refractivity contribution in [3.63, 3.8) is 0 Å². The highest BCUT2D eigenvalue weighted by atomic mass is 16.5. The SMILES string of the molecule is Cn1nnc(C2CN(c3nnc(C(C)(C)C)o3)CCO2)n1. The van der Waals surface area contributed by atoms with E-state index in [1.54, 1.807) is 7.05 Å². The molecule has 2 aromatic heterocycles. The van der Waals surface area contributed by atoms with E-state index in [-0.39, 0.29) is 11.5 Å². The molecule has 2 aromatic rings. The molecule has 0 amide bonds. The molecule has 0 bridgehead atoms. The highest BCUT2D eigenvalue weighted by molar-refractivity contribution is 5.26. The zero-order valence-corrected chi connectivity index (χ0v) is 12.6. The van der Waals surface area contributed by atoms with Crippen molar-refractivity contribution >= 4 is 6.01 Å². The van der Waals surface area contributed by atoms with Gasteiger partial charge < -0.3 is 14.1 Å². The first-order valence-corrected chi connectivity index (χ1v) is 6.88. The first kappa shape index (κ1) is 13.9. The molecule has 1 saturated heterocycles. The van der Waals surface area contributed by atoms with E-state index in [2.05, 4.69) is 25.6 Å². The van der Waals surface area contributed by atoms with Crippen LogP contribution in [0.25, 0.3) is 0 Å². The Kier molecular flexibility index (Phi) is 3.36. The molecule has 1 atom stereocenters. The fourth-order valence-corrected chi connectivity index (χ4v) is 2.05. The van der Waals surface area contributed by atoms with Crippen LogP contribution in [-0.2, 0) is 17.2 Å². The highest BCUT2D eigenvalue weighted by Gasteiger charge is 2.30. The summed E-state index contributed by atoms with van der Waals surface area (Å²) >= 11 is 0. The summed E-state index contributed by atoms with van der Waals surface area (Å²) in [7, 11) is 1.73. The van der Waals surface area contributed by atoms with Gasteiger partial charge in [0.2, 0.25) is 11.7 Å². The van der Waals surface area contributed by atoms with Gasteiger partial charge in [0.25, 0.3) is 0 Å². The molecule has 0 aromatic carbocycles. The fourth-order valence-electron chi connectivity index (χ4n) is 2.05. The molecule has 0 N–H and O–H groups in total. The van der Waals surface area contributed by atoms with Gasteiger partial charge in [0.15, 0.2) is 0 Å². The number of nitrogens with zero attached hydrogens (tertiary/aromatic N) is 7. The first-order valence-electron chi connectivity index (χ1n) is 6.88. The average molecular weight is 293 g/mol. The van der Waals surface area contributed by atoms with Crippen LogP contribution in [0.4, 0.5) is 6.01 Å². The van der Waals surface area contributed by atoms with E-state index in [0.717, 1.165) is 0 Å². The molecule has 3 rings (SSSR count). The highest BCUT2D eigenvalue weighted by Crippen LogP contribution is 2.26. The lowest BCUT2D eigenvalue weighted by molar-refractivity contribution is 0.0320. The van der Waals surface area contributed by atoms with Crippen LogP contribution in [0.15, 0.2) is 4.42 Å². The largest absolute Gasteiger partial charge is 0.407 e. The standard InChI is InChI=1S/C12H19N7O2/c1-12(2,3)10-14-15-11(21-10)19-5-6-20-8(7-19)9-13-17-18(4)16-9/h8H,5-7H2,1-4H3. The van der Waals surface area contributed by atoms with Gasteiger partial charge in [0, 0.05) is 12.0 Å². The van der Waals surface area contributed by atoms with Crippen molar-refractivity contribution in [2.24, 2.45) is 7.05 Å². The molecule has 0 radical (unpaired) electrons. The molecule has 1 aliphatic heterocycles. The predicted octanol–water partition coefficient (Wildman–Crippen LogP) is 0.468. The Morgan fingerprint density at radius 2 is 2.00 bits per heavy atom. The lowest BCUT2D eigenvalue weighted by Crippen LogP contribution is -2.39. The molecule has 3 heterocycles. The third-order valence-electron chi connectivity index (χ3n) is 3.20. The summed E-state index contributed by atoms with van der Waals surface area (Å²) in [5.41, 5.74) is -0.163. The molecule has 21 heavy (non-hydrogen) atoms. The smallest absolute Gasteiger partial charge is 0.318 e. The van der Waals surface area contributed by atoms with Crippen LogP contribution in [0.1, 0.15) is 38.6 Å². The monoisotopic (exact) mass is 293 g/mol. The van der Waals surface area contributed by atoms with Gasteiger partial charge in [-0.05, 0) is 5.21 Å². The van der Waals surface area contributed by atoms with Gasteiger partial charge in [-0.3, -0.25) is 0 Å². The molecular formula is C12H19N7O2. The van der Waals surface area contributed by atoms with Crippen molar-refractivity contribution in [2.45, 2.75) is 32.3 Å². The number of rotatable bonds is 2. The summed E-state index contributed by atoms with van der Waals surface area (Å²) in [4.78, 5) is 3.41. The van der Waals surface area contributed by atoms with Gasteiger partial charge in [0.05, 0.1) is 20.2 Å². The van der Waals surface area contributed by atoms with E-state index < -0.39 is 0 Å². The number of anilines is 1. The molecule has 114 valence electrons. The maximum Gasteiger partial charge on any atom is 0.318 e. The van der Waals surface area contributed by atoms with Crippen molar-refractivity contribution in [3.8, 4) is 0 Å². The van der Waals surface area contributed by atoms with Crippen LogP contribution in [-0.4, -0.2) is 50.1 Å². The summed E-state index contributed by atoms with van der Waals surface area (Å²) in [6.45, 7) is 7.93. The van der Waals surface area contributed by atoms with Crippen molar-refractivity contribution in [3.05, 3.63) is 11.7 Å². The van der Waals surface area contributed by atoms with Crippen molar-refractivity contribution in [1.82, 2.24) is 30.4 Å². The zero-order chi connectivity index (χ0) is 15.0. The van der Waals surface area contributed by atoms with Crippen molar-refractivity contribution in [1.29, 1.82) is 0 Å². The molecular weight excluding hydrogens is 274 g/mol. The minimum absolute atomic E-state index is 0.163. The second-order valence-corrected chi connectivity index (χ2v) is 6.08. The second kappa shape index (κ2) is 5.06. The van der Waals surface area contributed by atoms with E-state index in [1.807, 2.05) is 25.7 Å². The van der Waals surface area contributed by atoms with Gasteiger partial charge in [0.1, 0.15) is 6.10 Å². The van der Waals surface area contributed by atoms with E-state index in [0.29, 0.717) is 37.4 Å². The fraction of sp³-hybridized carbons (Fsp3) is 0.750. The Balaban J connectivity index is 1.75. The maximum absolute atomic E-state index is 5.76. The molecule has 1 fully saturated rings. The summed E-state index contributed by atoms with van der Waals surface area (Å²) in [6.07, 6.45) is -0.238. The normalized spacial score (nSPS) is 20.0.